The molecule has 17 heavy (non-hydrogen) atoms. The molecule has 0 aliphatic carbocycles. The Bertz CT molecular complexity index is 335. The fraction of sp³-hybridized carbons (Fsp3) is 0.667. The van der Waals surface area contributed by atoms with Gasteiger partial charge in [-0.1, -0.05) is 6.42 Å². The topological polar surface area (TPSA) is 72.9 Å². The lowest BCUT2D eigenvalue weighted by molar-refractivity contribution is -0.121. The normalized spacial score (nSPS) is 10.5. The third kappa shape index (κ3) is 6.06. The second kappa shape index (κ2) is 7.84. The van der Waals surface area contributed by atoms with Gasteiger partial charge < -0.3 is 11.1 Å². The van der Waals surface area contributed by atoms with E-state index >= 15 is 0 Å². The van der Waals surface area contributed by atoms with E-state index in [1.807, 2.05) is 24.0 Å². The molecule has 0 aliphatic heterocycles. The standard InChI is InChI=1S/C12H22N4O/c1-11-9-15-16(10-11)8-7-14-12(17)5-3-2-4-6-13/h9-10H,2-8,13H2,1H3,(H,14,17). The minimum absolute atomic E-state index is 0.117. The highest BCUT2D eigenvalue weighted by atomic mass is 16.1. The molecule has 5 heteroatoms. The van der Waals surface area contributed by atoms with Crippen LogP contribution in [0.1, 0.15) is 31.2 Å². The SMILES string of the molecule is Cc1cnn(CCNC(=O)CCCCCN)c1. The summed E-state index contributed by atoms with van der Waals surface area (Å²) in [6, 6.07) is 0. The van der Waals surface area contributed by atoms with Gasteiger partial charge in [-0.15, -0.1) is 0 Å². The van der Waals surface area contributed by atoms with Crippen molar-refractivity contribution < 1.29 is 4.79 Å². The Morgan fingerprint density at radius 2 is 2.29 bits per heavy atom. The van der Waals surface area contributed by atoms with Gasteiger partial charge in [0.15, 0.2) is 0 Å². The van der Waals surface area contributed by atoms with Gasteiger partial charge in [-0.05, 0) is 31.9 Å². The molecule has 0 fully saturated rings. The van der Waals surface area contributed by atoms with Gasteiger partial charge in [-0.2, -0.15) is 5.10 Å². The first-order valence-electron chi connectivity index (χ1n) is 6.18. The Balaban J connectivity index is 2.04. The molecule has 1 rings (SSSR count). The average molecular weight is 238 g/mol. The molecule has 5 nitrogen and oxygen atoms in total. The van der Waals surface area contributed by atoms with E-state index in [0.717, 1.165) is 31.4 Å². The van der Waals surface area contributed by atoms with Gasteiger partial charge in [0.05, 0.1) is 12.7 Å². The molecule has 0 aromatic carbocycles. The van der Waals surface area contributed by atoms with Crippen molar-refractivity contribution in [3.8, 4) is 0 Å². The quantitative estimate of drug-likeness (QED) is 0.659. The molecule has 96 valence electrons. The molecule has 1 aromatic rings. The monoisotopic (exact) mass is 238 g/mol. The van der Waals surface area contributed by atoms with Crippen molar-refractivity contribution in [1.82, 2.24) is 15.1 Å². The van der Waals surface area contributed by atoms with Crippen LogP contribution in [-0.2, 0) is 11.3 Å². The fourth-order valence-electron chi connectivity index (χ4n) is 1.59. The predicted octanol–water partition coefficient (Wildman–Crippen LogP) is 0.827. The third-order valence-corrected chi connectivity index (χ3v) is 2.53. The smallest absolute Gasteiger partial charge is 0.220 e. The number of hydrogen-bond acceptors (Lipinski definition) is 3. The van der Waals surface area contributed by atoms with Crippen LogP contribution >= 0.6 is 0 Å². The first-order chi connectivity index (χ1) is 8.22. The Morgan fingerprint density at radius 3 is 2.94 bits per heavy atom. The average Bonchev–Trinajstić information content (AvgIpc) is 2.71. The molecule has 0 bridgehead atoms. The minimum Gasteiger partial charge on any atom is -0.354 e. The molecule has 0 spiro atoms. The molecule has 1 amide bonds. The zero-order chi connectivity index (χ0) is 12.5. The summed E-state index contributed by atoms with van der Waals surface area (Å²) in [6.07, 6.45) is 7.33. The van der Waals surface area contributed by atoms with E-state index in [2.05, 4.69) is 10.4 Å². The van der Waals surface area contributed by atoms with E-state index in [4.69, 9.17) is 5.73 Å². The molecule has 0 aliphatic rings. The van der Waals surface area contributed by atoms with Crippen molar-refractivity contribution in [3.05, 3.63) is 18.0 Å². The van der Waals surface area contributed by atoms with Crippen LogP contribution in [0, 0.1) is 6.92 Å². The molecule has 0 unspecified atom stereocenters. The molecule has 0 saturated heterocycles. The van der Waals surface area contributed by atoms with Gasteiger partial charge in [0.25, 0.3) is 0 Å². The van der Waals surface area contributed by atoms with Crippen LogP contribution in [0.4, 0.5) is 0 Å². The largest absolute Gasteiger partial charge is 0.354 e. The molecule has 0 radical (unpaired) electrons. The molecule has 0 atom stereocenters. The van der Waals surface area contributed by atoms with Crippen LogP contribution in [-0.4, -0.2) is 28.8 Å². The Kier molecular flexibility index (Phi) is 6.32. The van der Waals surface area contributed by atoms with Gasteiger partial charge in [-0.3, -0.25) is 9.48 Å². The van der Waals surface area contributed by atoms with E-state index in [1.165, 1.54) is 0 Å². The third-order valence-electron chi connectivity index (χ3n) is 2.53. The maximum atomic E-state index is 11.4. The molecule has 1 heterocycles. The van der Waals surface area contributed by atoms with Crippen LogP contribution < -0.4 is 11.1 Å². The zero-order valence-corrected chi connectivity index (χ0v) is 10.5. The van der Waals surface area contributed by atoms with Crippen LogP contribution in [0.5, 0.6) is 0 Å². The molecular formula is C12H22N4O. The van der Waals surface area contributed by atoms with E-state index < -0.39 is 0 Å². The minimum atomic E-state index is 0.117. The van der Waals surface area contributed by atoms with Crippen LogP contribution in [0.2, 0.25) is 0 Å². The lowest BCUT2D eigenvalue weighted by Gasteiger charge is -2.05. The van der Waals surface area contributed by atoms with Crippen molar-refractivity contribution in [2.45, 2.75) is 39.2 Å². The maximum absolute atomic E-state index is 11.4. The van der Waals surface area contributed by atoms with E-state index in [-0.39, 0.29) is 5.91 Å². The number of nitrogens with two attached hydrogens (primary N) is 1. The zero-order valence-electron chi connectivity index (χ0n) is 10.5. The van der Waals surface area contributed by atoms with E-state index in [9.17, 15) is 4.79 Å². The Morgan fingerprint density at radius 1 is 1.47 bits per heavy atom. The van der Waals surface area contributed by atoms with Crippen molar-refractivity contribution in [2.75, 3.05) is 13.1 Å². The van der Waals surface area contributed by atoms with Gasteiger partial charge in [0, 0.05) is 19.2 Å². The van der Waals surface area contributed by atoms with Crippen molar-refractivity contribution in [2.24, 2.45) is 5.73 Å². The van der Waals surface area contributed by atoms with Gasteiger partial charge in [0.2, 0.25) is 5.91 Å². The summed E-state index contributed by atoms with van der Waals surface area (Å²) < 4.78 is 1.84. The number of carbonyl (C=O) groups is 1. The van der Waals surface area contributed by atoms with Crippen LogP contribution in [0.15, 0.2) is 12.4 Å². The predicted molar refractivity (Wildman–Crippen MR) is 67.5 cm³/mol. The number of aromatic nitrogens is 2. The number of unbranched alkanes of at least 4 members (excludes halogenated alkanes) is 2. The summed E-state index contributed by atoms with van der Waals surface area (Å²) in [5, 5.41) is 7.04. The molecule has 1 aromatic heterocycles. The molecule has 0 saturated carbocycles. The summed E-state index contributed by atoms with van der Waals surface area (Å²) in [5.41, 5.74) is 6.52. The van der Waals surface area contributed by atoms with Crippen LogP contribution in [0.3, 0.4) is 0 Å². The first kappa shape index (κ1) is 13.7. The highest BCUT2D eigenvalue weighted by molar-refractivity contribution is 5.75. The molecule has 3 N–H and O–H groups in total. The second-order valence-corrected chi connectivity index (χ2v) is 4.23. The number of rotatable bonds is 8. The van der Waals surface area contributed by atoms with Gasteiger partial charge in [0.1, 0.15) is 0 Å². The Labute approximate surface area is 102 Å². The van der Waals surface area contributed by atoms with Gasteiger partial charge in [-0.25, -0.2) is 0 Å². The number of nitrogens with one attached hydrogen (secondary N) is 1. The summed E-state index contributed by atoms with van der Waals surface area (Å²) in [4.78, 5) is 11.4. The van der Waals surface area contributed by atoms with Gasteiger partial charge >= 0.3 is 0 Å². The van der Waals surface area contributed by atoms with Crippen molar-refractivity contribution in [1.29, 1.82) is 0 Å². The second-order valence-electron chi connectivity index (χ2n) is 4.23. The van der Waals surface area contributed by atoms with E-state index in [1.54, 1.807) is 0 Å². The number of nitrogens with zero attached hydrogens (tertiary/aromatic N) is 2. The summed E-state index contributed by atoms with van der Waals surface area (Å²) in [5.74, 6) is 0.117. The highest BCUT2D eigenvalue weighted by Gasteiger charge is 2.00. The summed E-state index contributed by atoms with van der Waals surface area (Å²) in [7, 11) is 0. The number of carbonyl (C=O) groups excluding carboxylic acids is 1. The highest BCUT2D eigenvalue weighted by Crippen LogP contribution is 1.98. The van der Waals surface area contributed by atoms with Crippen molar-refractivity contribution >= 4 is 5.91 Å². The fourth-order valence-corrected chi connectivity index (χ4v) is 1.59. The maximum Gasteiger partial charge on any atom is 0.220 e. The van der Waals surface area contributed by atoms with E-state index in [0.29, 0.717) is 19.5 Å². The van der Waals surface area contributed by atoms with Crippen LogP contribution in [0.25, 0.3) is 0 Å². The number of aryl methyl sites for hydroxylation is 1. The molecular weight excluding hydrogens is 216 g/mol. The summed E-state index contributed by atoms with van der Waals surface area (Å²) >= 11 is 0. The lowest BCUT2D eigenvalue weighted by atomic mass is 10.2. The number of amides is 1. The number of hydrogen-bond donors (Lipinski definition) is 2. The Hall–Kier alpha value is -1.36. The first-order valence-corrected chi connectivity index (χ1v) is 6.18. The summed E-state index contributed by atoms with van der Waals surface area (Å²) in [6.45, 7) is 4.07. The lowest BCUT2D eigenvalue weighted by Crippen LogP contribution is -2.27. The van der Waals surface area contributed by atoms with Crippen molar-refractivity contribution in [3.63, 3.8) is 0 Å².